The molecule has 2 aromatic rings. The molecule has 0 aliphatic carbocycles. The molecule has 0 spiro atoms. The summed E-state index contributed by atoms with van der Waals surface area (Å²) in [5.74, 6) is -1.89. The number of carbonyl (C=O) groups excluding carboxylic acids is 1. The molecule has 0 aromatic heterocycles. The SMILES string of the molecule is O=C(COc1cc(F)ccc1F)c1ccc2c(c1)COC2. The lowest BCUT2D eigenvalue weighted by Gasteiger charge is -2.07. The minimum absolute atomic E-state index is 0.271. The summed E-state index contributed by atoms with van der Waals surface area (Å²) in [5, 5.41) is 0. The second kappa shape index (κ2) is 5.61. The number of benzene rings is 2. The van der Waals surface area contributed by atoms with Crippen LogP contribution in [0.2, 0.25) is 0 Å². The van der Waals surface area contributed by atoms with E-state index in [9.17, 15) is 13.6 Å². The van der Waals surface area contributed by atoms with Gasteiger partial charge < -0.3 is 9.47 Å². The summed E-state index contributed by atoms with van der Waals surface area (Å²) in [6.45, 7) is 0.685. The third kappa shape index (κ3) is 2.92. The van der Waals surface area contributed by atoms with Crippen LogP contribution in [-0.2, 0) is 18.0 Å². The Bertz CT molecular complexity index is 698. The maximum absolute atomic E-state index is 13.4. The van der Waals surface area contributed by atoms with Gasteiger partial charge in [-0.05, 0) is 29.3 Å². The molecule has 0 saturated carbocycles. The van der Waals surface area contributed by atoms with Gasteiger partial charge in [-0.1, -0.05) is 12.1 Å². The monoisotopic (exact) mass is 290 g/mol. The van der Waals surface area contributed by atoms with Crippen molar-refractivity contribution in [2.24, 2.45) is 0 Å². The van der Waals surface area contributed by atoms with Crippen LogP contribution in [-0.4, -0.2) is 12.4 Å². The number of hydrogen-bond donors (Lipinski definition) is 0. The lowest BCUT2D eigenvalue weighted by Crippen LogP contribution is -2.12. The van der Waals surface area contributed by atoms with Gasteiger partial charge in [-0.2, -0.15) is 0 Å². The molecule has 0 radical (unpaired) electrons. The van der Waals surface area contributed by atoms with E-state index < -0.39 is 11.6 Å². The number of fused-ring (bicyclic) bond motifs is 1. The van der Waals surface area contributed by atoms with Gasteiger partial charge in [-0.25, -0.2) is 8.78 Å². The van der Waals surface area contributed by atoms with Crippen molar-refractivity contribution >= 4 is 5.78 Å². The zero-order valence-corrected chi connectivity index (χ0v) is 11.1. The van der Waals surface area contributed by atoms with Gasteiger partial charge in [0.25, 0.3) is 0 Å². The molecular formula is C16H12F2O3. The maximum atomic E-state index is 13.4. The fourth-order valence-electron chi connectivity index (χ4n) is 2.16. The fraction of sp³-hybridized carbons (Fsp3) is 0.188. The van der Waals surface area contributed by atoms with Crippen LogP contribution in [0.25, 0.3) is 0 Å². The third-order valence-electron chi connectivity index (χ3n) is 3.30. The average molecular weight is 290 g/mol. The molecule has 108 valence electrons. The molecule has 21 heavy (non-hydrogen) atoms. The molecule has 0 N–H and O–H groups in total. The van der Waals surface area contributed by atoms with Gasteiger partial charge in [0.05, 0.1) is 13.2 Å². The maximum Gasteiger partial charge on any atom is 0.200 e. The summed E-state index contributed by atoms with van der Waals surface area (Å²) in [6.07, 6.45) is 0. The summed E-state index contributed by atoms with van der Waals surface area (Å²) in [7, 11) is 0. The lowest BCUT2D eigenvalue weighted by atomic mass is 10.0. The van der Waals surface area contributed by atoms with Crippen LogP contribution >= 0.6 is 0 Å². The fourth-order valence-corrected chi connectivity index (χ4v) is 2.16. The van der Waals surface area contributed by atoms with Gasteiger partial charge in [0.1, 0.15) is 5.82 Å². The van der Waals surface area contributed by atoms with E-state index in [0.29, 0.717) is 18.8 Å². The number of halogens is 2. The van der Waals surface area contributed by atoms with Crippen LogP contribution in [0.5, 0.6) is 5.75 Å². The predicted octanol–water partition coefficient (Wildman–Crippen LogP) is 3.26. The van der Waals surface area contributed by atoms with Crippen molar-refractivity contribution in [2.75, 3.05) is 6.61 Å². The van der Waals surface area contributed by atoms with Crippen LogP contribution in [0, 0.1) is 11.6 Å². The number of rotatable bonds is 4. The van der Waals surface area contributed by atoms with Gasteiger partial charge in [-0.3, -0.25) is 4.79 Å². The van der Waals surface area contributed by atoms with Crippen molar-refractivity contribution in [2.45, 2.75) is 13.2 Å². The van der Waals surface area contributed by atoms with Crippen molar-refractivity contribution in [3.05, 3.63) is 64.7 Å². The normalized spacial score (nSPS) is 13.0. The van der Waals surface area contributed by atoms with Gasteiger partial charge in [0.2, 0.25) is 0 Å². The molecule has 1 aliphatic heterocycles. The Morgan fingerprint density at radius 1 is 1.10 bits per heavy atom. The molecule has 0 saturated heterocycles. The molecule has 1 aliphatic rings. The van der Waals surface area contributed by atoms with Gasteiger partial charge in [0.15, 0.2) is 24.0 Å². The minimum atomic E-state index is -0.702. The van der Waals surface area contributed by atoms with Crippen molar-refractivity contribution < 1.29 is 23.0 Å². The Morgan fingerprint density at radius 2 is 1.90 bits per heavy atom. The number of hydrogen-bond acceptors (Lipinski definition) is 3. The van der Waals surface area contributed by atoms with Crippen LogP contribution < -0.4 is 4.74 Å². The topological polar surface area (TPSA) is 35.5 Å². The average Bonchev–Trinajstić information content (AvgIpc) is 2.95. The summed E-state index contributed by atoms with van der Waals surface area (Å²) >= 11 is 0. The molecule has 2 aromatic carbocycles. The summed E-state index contributed by atoms with van der Waals surface area (Å²) < 4.78 is 36.7. The first-order valence-electron chi connectivity index (χ1n) is 6.44. The summed E-state index contributed by atoms with van der Waals surface area (Å²) in [5.41, 5.74) is 2.50. The molecule has 3 rings (SSSR count). The highest BCUT2D eigenvalue weighted by molar-refractivity contribution is 5.97. The Hall–Kier alpha value is -2.27. The Balaban J connectivity index is 1.70. The van der Waals surface area contributed by atoms with E-state index in [4.69, 9.17) is 9.47 Å². The quantitative estimate of drug-likeness (QED) is 0.811. The predicted molar refractivity (Wildman–Crippen MR) is 71.1 cm³/mol. The Kier molecular flexibility index (Phi) is 3.66. The molecule has 0 amide bonds. The highest BCUT2D eigenvalue weighted by Gasteiger charge is 2.15. The Labute approximate surface area is 120 Å². The molecule has 0 atom stereocenters. The molecule has 0 unspecified atom stereocenters. The van der Waals surface area contributed by atoms with Crippen LogP contribution in [0.15, 0.2) is 36.4 Å². The first kappa shape index (κ1) is 13.7. The molecule has 0 bridgehead atoms. The van der Waals surface area contributed by atoms with E-state index >= 15 is 0 Å². The van der Waals surface area contributed by atoms with E-state index in [1.54, 1.807) is 12.1 Å². The van der Waals surface area contributed by atoms with Crippen molar-refractivity contribution in [1.82, 2.24) is 0 Å². The van der Waals surface area contributed by atoms with Crippen LogP contribution in [0.4, 0.5) is 8.78 Å². The second-order valence-electron chi connectivity index (χ2n) is 4.76. The molecular weight excluding hydrogens is 278 g/mol. The summed E-state index contributed by atoms with van der Waals surface area (Å²) in [4.78, 5) is 12.0. The standard InChI is InChI=1S/C16H12F2O3/c17-13-3-4-14(18)16(6-13)21-9-15(19)10-1-2-11-7-20-8-12(11)5-10/h1-6H,7-9H2. The molecule has 1 heterocycles. The van der Waals surface area contributed by atoms with Crippen molar-refractivity contribution in [3.8, 4) is 5.75 Å². The van der Waals surface area contributed by atoms with E-state index in [0.717, 1.165) is 29.3 Å². The molecule has 3 nitrogen and oxygen atoms in total. The first-order valence-corrected chi connectivity index (χ1v) is 6.44. The first-order chi connectivity index (χ1) is 10.1. The van der Waals surface area contributed by atoms with E-state index in [2.05, 4.69) is 0 Å². The Morgan fingerprint density at radius 3 is 2.76 bits per heavy atom. The van der Waals surface area contributed by atoms with Gasteiger partial charge >= 0.3 is 0 Å². The number of Topliss-reactive ketones (excluding diaryl/α,β-unsaturated/α-hetero) is 1. The lowest BCUT2D eigenvalue weighted by molar-refractivity contribution is 0.0918. The number of carbonyl (C=O) groups is 1. The highest BCUT2D eigenvalue weighted by atomic mass is 19.1. The zero-order valence-electron chi connectivity index (χ0n) is 11.1. The van der Waals surface area contributed by atoms with Gasteiger partial charge in [0, 0.05) is 11.6 Å². The highest BCUT2D eigenvalue weighted by Crippen LogP contribution is 2.22. The number of ether oxygens (including phenoxy) is 2. The molecule has 0 fully saturated rings. The van der Waals surface area contributed by atoms with Crippen molar-refractivity contribution in [1.29, 1.82) is 0 Å². The third-order valence-corrected chi connectivity index (χ3v) is 3.30. The largest absolute Gasteiger partial charge is 0.482 e. The van der Waals surface area contributed by atoms with Crippen LogP contribution in [0.1, 0.15) is 21.5 Å². The summed E-state index contributed by atoms with van der Waals surface area (Å²) in [6, 6.07) is 8.13. The van der Waals surface area contributed by atoms with Crippen molar-refractivity contribution in [3.63, 3.8) is 0 Å². The molecule has 5 heteroatoms. The zero-order chi connectivity index (χ0) is 14.8. The van der Waals surface area contributed by atoms with E-state index in [1.807, 2.05) is 6.07 Å². The smallest absolute Gasteiger partial charge is 0.200 e. The van der Waals surface area contributed by atoms with E-state index in [-0.39, 0.29) is 18.1 Å². The van der Waals surface area contributed by atoms with Gasteiger partial charge in [-0.15, -0.1) is 0 Å². The second-order valence-corrected chi connectivity index (χ2v) is 4.76. The van der Waals surface area contributed by atoms with Crippen LogP contribution in [0.3, 0.4) is 0 Å². The minimum Gasteiger partial charge on any atom is -0.482 e. The number of ketones is 1. The van der Waals surface area contributed by atoms with E-state index in [1.165, 1.54) is 0 Å².